The topological polar surface area (TPSA) is 0 Å². The Morgan fingerprint density at radius 1 is 0.483 bits per heavy atom. The first-order valence-electron chi connectivity index (χ1n) is 11.3. The molecule has 0 aliphatic heterocycles. The quantitative estimate of drug-likeness (QED) is 0.481. The molecule has 2 aromatic rings. The van der Waals surface area contributed by atoms with Crippen LogP contribution < -0.4 is 0 Å². The van der Waals surface area contributed by atoms with E-state index in [0.29, 0.717) is 0 Å². The molecule has 2 aliphatic carbocycles. The summed E-state index contributed by atoms with van der Waals surface area (Å²) in [6.07, 6.45) is 5.08. The fourth-order valence-corrected chi connectivity index (χ4v) is 6.30. The van der Waals surface area contributed by atoms with Gasteiger partial charge >= 0.3 is 0 Å². The maximum Gasteiger partial charge on any atom is 0.0125 e. The molecule has 0 unspecified atom stereocenters. The highest BCUT2D eigenvalue weighted by molar-refractivity contribution is 7.99. The highest BCUT2D eigenvalue weighted by atomic mass is 32.2. The van der Waals surface area contributed by atoms with Crippen molar-refractivity contribution in [1.82, 2.24) is 0 Å². The zero-order valence-electron chi connectivity index (χ0n) is 19.7. The Labute approximate surface area is 182 Å². The van der Waals surface area contributed by atoms with E-state index in [1.54, 1.807) is 22.3 Å². The Morgan fingerprint density at radius 2 is 0.793 bits per heavy atom. The molecule has 0 fully saturated rings. The second-order valence-electron chi connectivity index (χ2n) is 12.1. The SMILES string of the molecule is CC1(C)CCC(C)(C)c2cc(Sc3ccc4c(c3)C(C)(C)CCC4(C)C)ccc21. The summed E-state index contributed by atoms with van der Waals surface area (Å²) < 4.78 is 0. The first-order valence-corrected chi connectivity index (χ1v) is 12.1. The molecule has 156 valence electrons. The summed E-state index contributed by atoms with van der Waals surface area (Å²) in [4.78, 5) is 2.75. The number of rotatable bonds is 2. The van der Waals surface area contributed by atoms with Gasteiger partial charge in [-0.15, -0.1) is 0 Å². The summed E-state index contributed by atoms with van der Waals surface area (Å²) in [5.41, 5.74) is 7.31. The molecular formula is C28H38S. The van der Waals surface area contributed by atoms with Crippen molar-refractivity contribution in [2.45, 2.75) is 113 Å². The number of hydrogen-bond acceptors (Lipinski definition) is 1. The van der Waals surface area contributed by atoms with Gasteiger partial charge in [0.25, 0.3) is 0 Å². The first-order chi connectivity index (χ1) is 13.3. The molecule has 4 rings (SSSR count). The van der Waals surface area contributed by atoms with Crippen LogP contribution in [-0.2, 0) is 21.7 Å². The third-order valence-corrected chi connectivity index (χ3v) is 8.86. The van der Waals surface area contributed by atoms with Gasteiger partial charge in [-0.1, -0.05) is 79.3 Å². The standard InChI is InChI=1S/C28H38S/c1-25(2)13-15-27(5,6)23-17-19(9-11-21(23)25)29-20-10-12-22-24(18-20)28(7,8)16-14-26(22,3)4/h9-12,17-18H,13-16H2,1-8H3. The lowest BCUT2D eigenvalue weighted by Crippen LogP contribution is -2.33. The minimum absolute atomic E-state index is 0.267. The van der Waals surface area contributed by atoms with Crippen molar-refractivity contribution in [3.63, 3.8) is 0 Å². The van der Waals surface area contributed by atoms with E-state index in [2.05, 4.69) is 91.8 Å². The van der Waals surface area contributed by atoms with Crippen molar-refractivity contribution in [3.05, 3.63) is 58.7 Å². The molecule has 1 heteroatoms. The fraction of sp³-hybridized carbons (Fsp3) is 0.571. The van der Waals surface area contributed by atoms with Gasteiger partial charge in [0.15, 0.2) is 0 Å². The summed E-state index contributed by atoms with van der Waals surface area (Å²) in [7, 11) is 0. The zero-order chi connectivity index (χ0) is 21.2. The predicted octanol–water partition coefficient (Wildman–Crippen LogP) is 8.54. The van der Waals surface area contributed by atoms with Crippen LogP contribution in [0.2, 0.25) is 0 Å². The van der Waals surface area contributed by atoms with Gasteiger partial charge in [0.1, 0.15) is 0 Å². The average molecular weight is 407 g/mol. The van der Waals surface area contributed by atoms with Gasteiger partial charge < -0.3 is 0 Å². The Hall–Kier alpha value is -1.21. The Bertz CT molecular complexity index is 865. The van der Waals surface area contributed by atoms with E-state index in [-0.39, 0.29) is 21.7 Å². The van der Waals surface area contributed by atoms with Crippen molar-refractivity contribution >= 4 is 11.8 Å². The summed E-state index contributed by atoms with van der Waals surface area (Å²) in [6, 6.07) is 14.5. The molecule has 2 aliphatic rings. The summed E-state index contributed by atoms with van der Waals surface area (Å²) in [6.45, 7) is 19.3. The van der Waals surface area contributed by atoms with Crippen LogP contribution in [0.25, 0.3) is 0 Å². The van der Waals surface area contributed by atoms with Crippen molar-refractivity contribution in [3.8, 4) is 0 Å². The van der Waals surface area contributed by atoms with Crippen LogP contribution in [0.3, 0.4) is 0 Å². The smallest absolute Gasteiger partial charge is 0.0125 e. The van der Waals surface area contributed by atoms with Crippen molar-refractivity contribution in [1.29, 1.82) is 0 Å². The molecule has 0 heterocycles. The average Bonchev–Trinajstić information content (AvgIpc) is 2.63. The molecule has 0 saturated heterocycles. The van der Waals surface area contributed by atoms with Gasteiger partial charge in [-0.25, -0.2) is 0 Å². The molecule has 0 N–H and O–H groups in total. The highest BCUT2D eigenvalue weighted by Crippen LogP contribution is 2.49. The second-order valence-corrected chi connectivity index (χ2v) is 13.2. The van der Waals surface area contributed by atoms with E-state index in [1.165, 1.54) is 35.5 Å². The van der Waals surface area contributed by atoms with Gasteiger partial charge in [-0.05, 0) is 93.9 Å². The van der Waals surface area contributed by atoms with E-state index in [1.807, 2.05) is 11.8 Å². The third-order valence-electron chi connectivity index (χ3n) is 7.88. The third kappa shape index (κ3) is 3.69. The van der Waals surface area contributed by atoms with Gasteiger partial charge in [0, 0.05) is 9.79 Å². The lowest BCUT2D eigenvalue weighted by Gasteiger charge is -2.42. The number of benzene rings is 2. The van der Waals surface area contributed by atoms with Crippen molar-refractivity contribution < 1.29 is 0 Å². The highest BCUT2D eigenvalue weighted by Gasteiger charge is 2.38. The van der Waals surface area contributed by atoms with E-state index in [4.69, 9.17) is 0 Å². The molecule has 0 amide bonds. The van der Waals surface area contributed by atoms with Crippen LogP contribution in [0.5, 0.6) is 0 Å². The normalized spacial score (nSPS) is 23.2. The van der Waals surface area contributed by atoms with Crippen molar-refractivity contribution in [2.24, 2.45) is 0 Å². The zero-order valence-corrected chi connectivity index (χ0v) is 20.5. The maximum atomic E-state index is 2.48. The fourth-order valence-electron chi connectivity index (χ4n) is 5.40. The van der Waals surface area contributed by atoms with Crippen molar-refractivity contribution in [2.75, 3.05) is 0 Å². The van der Waals surface area contributed by atoms with Gasteiger partial charge in [0.05, 0.1) is 0 Å². The largest absolute Gasteiger partial charge is 0.0901 e. The summed E-state index contributed by atoms with van der Waals surface area (Å²) in [5, 5.41) is 0. The molecule has 0 spiro atoms. The van der Waals surface area contributed by atoms with Crippen LogP contribution in [0.15, 0.2) is 46.2 Å². The Kier molecular flexibility index (Phi) is 4.82. The number of hydrogen-bond donors (Lipinski definition) is 0. The lowest BCUT2D eigenvalue weighted by molar-refractivity contribution is 0.331. The van der Waals surface area contributed by atoms with Gasteiger partial charge in [-0.2, -0.15) is 0 Å². The van der Waals surface area contributed by atoms with Gasteiger partial charge in [-0.3, -0.25) is 0 Å². The van der Waals surface area contributed by atoms with Crippen LogP contribution in [-0.4, -0.2) is 0 Å². The lowest BCUT2D eigenvalue weighted by atomic mass is 9.63. The molecule has 29 heavy (non-hydrogen) atoms. The molecule has 2 aromatic carbocycles. The van der Waals surface area contributed by atoms with Crippen LogP contribution in [0.1, 0.15) is 103 Å². The minimum Gasteiger partial charge on any atom is -0.0901 e. The monoisotopic (exact) mass is 406 g/mol. The molecule has 0 bridgehead atoms. The summed E-state index contributed by atoms with van der Waals surface area (Å²) in [5.74, 6) is 0. The van der Waals surface area contributed by atoms with Crippen LogP contribution in [0, 0.1) is 0 Å². The van der Waals surface area contributed by atoms with E-state index in [0.717, 1.165) is 0 Å². The predicted molar refractivity (Wildman–Crippen MR) is 128 cm³/mol. The maximum absolute atomic E-state index is 2.48. The van der Waals surface area contributed by atoms with E-state index >= 15 is 0 Å². The minimum atomic E-state index is 0.267. The Balaban J connectivity index is 1.71. The number of fused-ring (bicyclic) bond motifs is 2. The van der Waals surface area contributed by atoms with Crippen LogP contribution in [0.4, 0.5) is 0 Å². The molecule has 0 saturated carbocycles. The molecular weight excluding hydrogens is 368 g/mol. The second kappa shape index (κ2) is 6.64. The van der Waals surface area contributed by atoms with E-state index in [9.17, 15) is 0 Å². The first kappa shape index (κ1) is 21.0. The van der Waals surface area contributed by atoms with Crippen LogP contribution >= 0.6 is 11.8 Å². The van der Waals surface area contributed by atoms with E-state index < -0.39 is 0 Å². The molecule has 0 nitrogen and oxygen atoms in total. The van der Waals surface area contributed by atoms with Gasteiger partial charge in [0.2, 0.25) is 0 Å². The molecule has 0 radical (unpaired) electrons. The summed E-state index contributed by atoms with van der Waals surface area (Å²) >= 11 is 1.93. The molecule has 0 aromatic heterocycles. The Morgan fingerprint density at radius 3 is 1.14 bits per heavy atom. The molecule has 0 atom stereocenters.